The maximum absolute atomic E-state index is 11.3. The second-order valence-corrected chi connectivity index (χ2v) is 5.58. The molecule has 0 fully saturated rings. The highest BCUT2D eigenvalue weighted by Crippen LogP contribution is 2.26. The lowest BCUT2D eigenvalue weighted by molar-refractivity contribution is 0.256. The van der Waals surface area contributed by atoms with Crippen molar-refractivity contribution in [1.82, 2.24) is 0 Å². The number of rotatable bonds is 1. The normalized spacial score (nSPS) is 19.7. The van der Waals surface area contributed by atoms with Gasteiger partial charge in [-0.25, -0.2) is 4.79 Å². The van der Waals surface area contributed by atoms with Gasteiger partial charge in [-0.2, -0.15) is 0 Å². The van der Waals surface area contributed by atoms with Crippen molar-refractivity contribution in [3.05, 3.63) is 45.8 Å². The Labute approximate surface area is 125 Å². The largest absolute Gasteiger partial charge is 0.423 e. The summed E-state index contributed by atoms with van der Waals surface area (Å²) in [6, 6.07) is 7.49. The van der Waals surface area contributed by atoms with Gasteiger partial charge in [-0.3, -0.25) is 0 Å². The molecule has 1 aliphatic rings. The summed E-state index contributed by atoms with van der Waals surface area (Å²) < 4.78 is 10.8. The first-order valence-electron chi connectivity index (χ1n) is 6.59. The second-order valence-electron chi connectivity index (χ2n) is 5.07. The Hall–Kier alpha value is -0.880. The van der Waals surface area contributed by atoms with Crippen LogP contribution < -0.4 is 5.63 Å². The van der Waals surface area contributed by atoms with Gasteiger partial charge in [-0.15, -0.1) is 0 Å². The Balaban J connectivity index is 2.10. The minimum atomic E-state index is -0.292. The Morgan fingerprint density at radius 3 is 2.95 bits per heavy atom. The van der Waals surface area contributed by atoms with E-state index in [-0.39, 0.29) is 11.7 Å². The fraction of sp³-hybridized carbons (Fsp3) is 0.400. The number of halogens is 1. The summed E-state index contributed by atoms with van der Waals surface area (Å²) >= 11 is 1.99. The number of fused-ring (bicyclic) bond motifs is 2. The van der Waals surface area contributed by atoms with Gasteiger partial charge in [0.25, 0.3) is 0 Å². The summed E-state index contributed by atoms with van der Waals surface area (Å²) in [5, 5.41) is 1.01. The first kappa shape index (κ1) is 13.1. The van der Waals surface area contributed by atoms with Gasteiger partial charge < -0.3 is 7.48 Å². The van der Waals surface area contributed by atoms with Crippen LogP contribution in [0.25, 0.3) is 11.0 Å². The molecule has 0 bridgehead atoms. The van der Waals surface area contributed by atoms with Crippen LogP contribution in [-0.2, 0) is 15.9 Å². The monoisotopic (exact) mass is 370 g/mol. The Kier molecular flexibility index (Phi) is 3.88. The van der Waals surface area contributed by atoms with Crippen LogP contribution in [0.5, 0.6) is 0 Å². The van der Waals surface area contributed by atoms with Crippen molar-refractivity contribution in [1.29, 1.82) is 0 Å². The van der Waals surface area contributed by atoms with Gasteiger partial charge in [0.15, 0.2) is 0 Å². The molecular weight excluding hydrogens is 355 g/mol. The molecule has 3 rings (SSSR count). The average Bonchev–Trinajstić information content (AvgIpc) is 2.39. The van der Waals surface area contributed by atoms with Gasteiger partial charge in [0.05, 0.1) is 6.10 Å². The molecule has 2 aromatic rings. The van der Waals surface area contributed by atoms with E-state index in [2.05, 4.69) is 6.07 Å². The van der Waals surface area contributed by atoms with Crippen molar-refractivity contribution < 1.29 is 7.48 Å². The number of aryl methyl sites for hydroxylation is 1. The molecule has 3 nitrogen and oxygen atoms in total. The minimum absolute atomic E-state index is 0.257. The van der Waals surface area contributed by atoms with Gasteiger partial charge >= 0.3 is 5.63 Å². The first-order valence-corrected chi connectivity index (χ1v) is 7.47. The van der Waals surface area contributed by atoms with Crippen LogP contribution in [0.4, 0.5) is 0 Å². The van der Waals surface area contributed by atoms with E-state index in [1.165, 1.54) is 30.0 Å². The predicted octanol–water partition coefficient (Wildman–Crippen LogP) is 3.80. The molecular formula is C15H15IO3. The molecule has 1 aliphatic carbocycles. The van der Waals surface area contributed by atoms with Crippen molar-refractivity contribution in [2.75, 3.05) is 0 Å². The maximum atomic E-state index is 11.3. The molecule has 100 valence electrons. The first-order chi connectivity index (χ1) is 9.26. The van der Waals surface area contributed by atoms with E-state index in [1.54, 1.807) is 0 Å². The molecule has 0 N–H and O–H groups in total. The van der Waals surface area contributed by atoms with Crippen LogP contribution in [0.1, 0.15) is 30.4 Å². The van der Waals surface area contributed by atoms with E-state index in [4.69, 9.17) is 7.48 Å². The summed E-state index contributed by atoms with van der Waals surface area (Å²) in [5.74, 6) is 0. The van der Waals surface area contributed by atoms with Crippen LogP contribution in [0.3, 0.4) is 0 Å². The van der Waals surface area contributed by atoms with E-state index < -0.39 is 0 Å². The zero-order chi connectivity index (χ0) is 13.2. The lowest BCUT2D eigenvalue weighted by atomic mass is 9.91. The Bertz CT molecular complexity index is 647. The third kappa shape index (κ3) is 2.84. The number of hydrogen-bond acceptors (Lipinski definition) is 3. The number of benzene rings is 1. The summed E-state index contributed by atoms with van der Waals surface area (Å²) in [6.45, 7) is 0. The molecule has 0 amide bonds. The standard InChI is InChI=1S/C15H15IO3/c16-19-13-4-2-1-3-10-7-11-5-6-15(17)18-14(11)9-12(10)8-13/h5-7,9,13H,1-4,8H2. The molecule has 0 saturated carbocycles. The number of hydrogen-bond donors (Lipinski definition) is 0. The van der Waals surface area contributed by atoms with Gasteiger partial charge in [-0.1, -0.05) is 6.42 Å². The SMILES string of the molecule is O=c1ccc2cc3c(cc2o1)CC(OI)CCCC3. The lowest BCUT2D eigenvalue weighted by Crippen LogP contribution is -2.15. The Morgan fingerprint density at radius 1 is 1.21 bits per heavy atom. The van der Waals surface area contributed by atoms with E-state index in [0.717, 1.165) is 24.6 Å². The quantitative estimate of drug-likeness (QED) is 0.566. The smallest absolute Gasteiger partial charge is 0.336 e. The van der Waals surface area contributed by atoms with Crippen LogP contribution in [-0.4, -0.2) is 6.10 Å². The molecule has 0 spiro atoms. The maximum Gasteiger partial charge on any atom is 0.336 e. The molecule has 1 heterocycles. The minimum Gasteiger partial charge on any atom is -0.423 e. The molecule has 19 heavy (non-hydrogen) atoms. The van der Waals surface area contributed by atoms with Crippen molar-refractivity contribution >= 4 is 34.0 Å². The fourth-order valence-electron chi connectivity index (χ4n) is 2.74. The van der Waals surface area contributed by atoms with Gasteiger partial charge in [0.1, 0.15) is 28.6 Å². The van der Waals surface area contributed by atoms with Crippen LogP contribution in [0.2, 0.25) is 0 Å². The Morgan fingerprint density at radius 2 is 2.11 bits per heavy atom. The van der Waals surface area contributed by atoms with E-state index in [0.29, 0.717) is 5.58 Å². The van der Waals surface area contributed by atoms with Crippen molar-refractivity contribution in [2.45, 2.75) is 38.2 Å². The van der Waals surface area contributed by atoms with Gasteiger partial charge in [0.2, 0.25) is 0 Å². The van der Waals surface area contributed by atoms with Gasteiger partial charge in [0, 0.05) is 17.9 Å². The highest BCUT2D eigenvalue weighted by atomic mass is 127. The highest BCUT2D eigenvalue weighted by molar-refractivity contribution is 14.1. The summed E-state index contributed by atoms with van der Waals surface area (Å²) in [7, 11) is 0. The molecule has 1 aromatic heterocycles. The van der Waals surface area contributed by atoms with Crippen LogP contribution in [0, 0.1) is 0 Å². The van der Waals surface area contributed by atoms with E-state index in [9.17, 15) is 4.79 Å². The molecule has 1 atom stereocenters. The van der Waals surface area contributed by atoms with Crippen molar-refractivity contribution in [3.8, 4) is 0 Å². The van der Waals surface area contributed by atoms with Crippen molar-refractivity contribution in [2.24, 2.45) is 0 Å². The van der Waals surface area contributed by atoms with E-state index in [1.807, 2.05) is 35.1 Å². The second kappa shape index (κ2) is 5.63. The molecule has 0 saturated heterocycles. The van der Waals surface area contributed by atoms with Crippen LogP contribution in [0.15, 0.2) is 33.5 Å². The van der Waals surface area contributed by atoms with Crippen molar-refractivity contribution in [3.63, 3.8) is 0 Å². The summed E-state index contributed by atoms with van der Waals surface area (Å²) in [5.41, 5.74) is 3.00. The average molecular weight is 370 g/mol. The summed E-state index contributed by atoms with van der Waals surface area (Å²) in [4.78, 5) is 11.3. The third-order valence-electron chi connectivity index (χ3n) is 3.74. The topological polar surface area (TPSA) is 39.4 Å². The molecule has 0 radical (unpaired) electrons. The molecule has 1 aromatic carbocycles. The summed E-state index contributed by atoms with van der Waals surface area (Å²) in [6.07, 6.45) is 5.73. The molecule has 1 unspecified atom stereocenters. The fourth-order valence-corrected chi connectivity index (χ4v) is 3.17. The third-order valence-corrected chi connectivity index (χ3v) is 4.46. The molecule has 0 aliphatic heterocycles. The van der Waals surface area contributed by atoms with E-state index >= 15 is 0 Å². The highest BCUT2D eigenvalue weighted by Gasteiger charge is 2.16. The van der Waals surface area contributed by atoms with Crippen LogP contribution >= 0.6 is 23.0 Å². The van der Waals surface area contributed by atoms with Gasteiger partial charge in [-0.05, 0) is 48.6 Å². The zero-order valence-corrected chi connectivity index (χ0v) is 12.7. The molecule has 4 heteroatoms. The zero-order valence-electron chi connectivity index (χ0n) is 10.5. The predicted molar refractivity (Wildman–Crippen MR) is 82.6 cm³/mol. The lowest BCUT2D eigenvalue weighted by Gasteiger charge is -2.20.